The summed E-state index contributed by atoms with van der Waals surface area (Å²) in [6.45, 7) is 6.20. The lowest BCUT2D eigenvalue weighted by Gasteiger charge is -2.13. The fourth-order valence-electron chi connectivity index (χ4n) is 2.13. The van der Waals surface area contributed by atoms with Crippen molar-refractivity contribution in [1.29, 1.82) is 0 Å². The third-order valence-electron chi connectivity index (χ3n) is 3.43. The van der Waals surface area contributed by atoms with E-state index in [-0.39, 0.29) is 6.42 Å². The molecule has 0 radical (unpaired) electrons. The summed E-state index contributed by atoms with van der Waals surface area (Å²) in [5.74, 6) is 0.169. The first-order valence-electron chi connectivity index (χ1n) is 6.50. The smallest absolute Gasteiger partial charge is 0.303 e. The second-order valence-electron chi connectivity index (χ2n) is 4.74. The van der Waals surface area contributed by atoms with Gasteiger partial charge in [-0.3, -0.25) is 4.79 Å². The molecule has 0 heterocycles. The van der Waals surface area contributed by atoms with Crippen LogP contribution < -0.4 is 4.74 Å². The molecular weight excluding hydrogens is 240 g/mol. The highest BCUT2D eigenvalue weighted by molar-refractivity contribution is 5.69. The first-order valence-corrected chi connectivity index (χ1v) is 6.50. The van der Waals surface area contributed by atoms with E-state index in [2.05, 4.69) is 32.9 Å². The highest BCUT2D eigenvalue weighted by Gasteiger charge is 2.07. The number of rotatable bonds is 6. The number of benzene rings is 1. The second-order valence-corrected chi connectivity index (χ2v) is 4.74. The van der Waals surface area contributed by atoms with E-state index in [1.54, 1.807) is 7.11 Å². The third kappa shape index (κ3) is 4.12. The standard InChI is InChI=1S/C16H22O3/c1-11(7-5-6-8-16(17)18)14-9-10-15(19-4)13(3)12(14)2/h7,9-10H,5-6,8H2,1-4H3,(H,17,18)/b11-7+. The molecule has 0 bridgehead atoms. The lowest BCUT2D eigenvalue weighted by Crippen LogP contribution is -1.95. The minimum Gasteiger partial charge on any atom is -0.496 e. The predicted molar refractivity (Wildman–Crippen MR) is 77.6 cm³/mol. The van der Waals surface area contributed by atoms with Crippen LogP contribution in [-0.4, -0.2) is 18.2 Å². The molecule has 0 fully saturated rings. The molecule has 1 N–H and O–H groups in total. The number of ether oxygens (including phenoxy) is 1. The van der Waals surface area contributed by atoms with Crippen LogP contribution in [0.15, 0.2) is 18.2 Å². The maximum absolute atomic E-state index is 10.4. The molecule has 0 spiro atoms. The van der Waals surface area contributed by atoms with Gasteiger partial charge in [0.1, 0.15) is 5.75 Å². The van der Waals surface area contributed by atoms with Gasteiger partial charge >= 0.3 is 5.97 Å². The molecule has 3 heteroatoms. The van der Waals surface area contributed by atoms with Crippen LogP contribution in [0.2, 0.25) is 0 Å². The zero-order valence-corrected chi connectivity index (χ0v) is 12.1. The Bertz CT molecular complexity index is 487. The SMILES string of the molecule is COc1ccc(/C(C)=C/CCCC(=O)O)c(C)c1C. The van der Waals surface area contributed by atoms with Crippen molar-refractivity contribution in [3.05, 3.63) is 34.9 Å². The number of carbonyl (C=O) groups is 1. The topological polar surface area (TPSA) is 46.5 Å². The molecule has 0 aliphatic rings. The van der Waals surface area contributed by atoms with E-state index in [1.807, 2.05) is 6.07 Å². The number of unbranched alkanes of at least 4 members (excludes halogenated alkanes) is 1. The van der Waals surface area contributed by atoms with Gasteiger partial charge in [-0.1, -0.05) is 12.1 Å². The summed E-state index contributed by atoms with van der Waals surface area (Å²) < 4.78 is 5.30. The summed E-state index contributed by atoms with van der Waals surface area (Å²) >= 11 is 0. The van der Waals surface area contributed by atoms with Crippen LogP contribution in [0, 0.1) is 13.8 Å². The van der Waals surface area contributed by atoms with Crippen LogP contribution in [0.4, 0.5) is 0 Å². The summed E-state index contributed by atoms with van der Waals surface area (Å²) in [5.41, 5.74) is 4.76. The molecule has 0 saturated carbocycles. The van der Waals surface area contributed by atoms with Gasteiger partial charge < -0.3 is 9.84 Å². The molecule has 0 unspecified atom stereocenters. The first kappa shape index (κ1) is 15.3. The lowest BCUT2D eigenvalue weighted by molar-refractivity contribution is -0.137. The molecule has 3 nitrogen and oxygen atoms in total. The highest BCUT2D eigenvalue weighted by Crippen LogP contribution is 2.28. The van der Waals surface area contributed by atoms with Gasteiger partial charge in [0, 0.05) is 6.42 Å². The predicted octanol–water partition coefficient (Wildman–Crippen LogP) is 3.97. The normalized spacial score (nSPS) is 11.5. The molecule has 0 atom stereocenters. The van der Waals surface area contributed by atoms with Gasteiger partial charge in [-0.15, -0.1) is 0 Å². The lowest BCUT2D eigenvalue weighted by atomic mass is 9.96. The summed E-state index contributed by atoms with van der Waals surface area (Å²) in [5, 5.41) is 8.60. The molecule has 0 amide bonds. The Morgan fingerprint density at radius 1 is 1.32 bits per heavy atom. The van der Waals surface area contributed by atoms with Crippen LogP contribution in [0.3, 0.4) is 0 Å². The molecule has 0 aliphatic carbocycles. The largest absolute Gasteiger partial charge is 0.496 e. The Labute approximate surface area is 114 Å². The summed E-state index contributed by atoms with van der Waals surface area (Å²) in [7, 11) is 1.68. The van der Waals surface area contributed by atoms with Gasteiger partial charge in [-0.2, -0.15) is 0 Å². The van der Waals surface area contributed by atoms with E-state index in [4.69, 9.17) is 9.84 Å². The minimum atomic E-state index is -0.734. The molecule has 0 saturated heterocycles. The molecular formula is C16H22O3. The van der Waals surface area contributed by atoms with Crippen LogP contribution >= 0.6 is 0 Å². The van der Waals surface area contributed by atoms with Crippen molar-refractivity contribution >= 4 is 11.5 Å². The first-order chi connectivity index (χ1) is 8.97. The van der Waals surface area contributed by atoms with E-state index in [0.29, 0.717) is 6.42 Å². The van der Waals surface area contributed by atoms with E-state index in [1.165, 1.54) is 16.7 Å². The second kappa shape index (κ2) is 6.98. The Morgan fingerprint density at radius 2 is 2.00 bits per heavy atom. The minimum absolute atomic E-state index is 0.227. The highest BCUT2D eigenvalue weighted by atomic mass is 16.5. The number of methoxy groups -OCH3 is 1. The van der Waals surface area contributed by atoms with Gasteiger partial charge in [0.2, 0.25) is 0 Å². The average molecular weight is 262 g/mol. The number of hydrogen-bond donors (Lipinski definition) is 1. The summed E-state index contributed by atoms with van der Waals surface area (Å²) in [6.07, 6.45) is 3.81. The van der Waals surface area contributed by atoms with Gasteiger partial charge in [-0.25, -0.2) is 0 Å². The number of aliphatic carboxylic acids is 1. The number of carboxylic acid groups (broad SMARTS) is 1. The maximum atomic E-state index is 10.4. The summed E-state index contributed by atoms with van der Waals surface area (Å²) in [4.78, 5) is 10.4. The van der Waals surface area contributed by atoms with Gasteiger partial charge in [0.15, 0.2) is 0 Å². The fraction of sp³-hybridized carbons (Fsp3) is 0.438. The van der Waals surface area contributed by atoms with Crippen molar-refractivity contribution in [2.45, 2.75) is 40.0 Å². The Balaban J connectivity index is 2.82. The zero-order valence-electron chi connectivity index (χ0n) is 12.1. The van der Waals surface area contributed by atoms with Crippen LogP contribution in [0.1, 0.15) is 42.9 Å². The average Bonchev–Trinajstić information content (AvgIpc) is 2.37. The van der Waals surface area contributed by atoms with Crippen molar-refractivity contribution in [1.82, 2.24) is 0 Å². The van der Waals surface area contributed by atoms with Crippen LogP contribution in [0.5, 0.6) is 5.75 Å². The third-order valence-corrected chi connectivity index (χ3v) is 3.43. The fourth-order valence-corrected chi connectivity index (χ4v) is 2.13. The molecule has 1 rings (SSSR count). The number of carboxylic acids is 1. The summed E-state index contributed by atoms with van der Waals surface area (Å²) in [6, 6.07) is 4.04. The van der Waals surface area contributed by atoms with E-state index >= 15 is 0 Å². The maximum Gasteiger partial charge on any atom is 0.303 e. The van der Waals surface area contributed by atoms with E-state index in [9.17, 15) is 4.79 Å². The van der Waals surface area contributed by atoms with Crippen molar-refractivity contribution < 1.29 is 14.6 Å². The van der Waals surface area contributed by atoms with Crippen molar-refractivity contribution in [2.24, 2.45) is 0 Å². The molecule has 1 aromatic rings. The number of allylic oxidation sites excluding steroid dienone is 2. The van der Waals surface area contributed by atoms with Crippen LogP contribution in [0.25, 0.3) is 5.57 Å². The molecule has 1 aromatic carbocycles. The van der Waals surface area contributed by atoms with Crippen molar-refractivity contribution in [2.75, 3.05) is 7.11 Å². The molecule has 0 aromatic heterocycles. The Morgan fingerprint density at radius 3 is 2.58 bits per heavy atom. The van der Waals surface area contributed by atoms with Gasteiger partial charge in [0.25, 0.3) is 0 Å². The van der Waals surface area contributed by atoms with Gasteiger partial charge in [-0.05, 0) is 61.9 Å². The molecule has 104 valence electrons. The zero-order chi connectivity index (χ0) is 14.4. The monoisotopic (exact) mass is 262 g/mol. The van der Waals surface area contributed by atoms with E-state index < -0.39 is 5.97 Å². The van der Waals surface area contributed by atoms with E-state index in [0.717, 1.165) is 17.7 Å². The van der Waals surface area contributed by atoms with Gasteiger partial charge in [0.05, 0.1) is 7.11 Å². The van der Waals surface area contributed by atoms with Crippen molar-refractivity contribution in [3.63, 3.8) is 0 Å². The number of hydrogen-bond acceptors (Lipinski definition) is 2. The van der Waals surface area contributed by atoms with Crippen LogP contribution in [-0.2, 0) is 4.79 Å². The quantitative estimate of drug-likeness (QED) is 0.789. The molecule has 19 heavy (non-hydrogen) atoms. The Hall–Kier alpha value is -1.77. The van der Waals surface area contributed by atoms with Crippen molar-refractivity contribution in [3.8, 4) is 5.75 Å². The molecule has 0 aliphatic heterocycles. The Kier molecular flexibility index (Phi) is 5.61.